The molecule has 0 heterocycles. The van der Waals surface area contributed by atoms with Crippen LogP contribution in [0, 0.1) is 0 Å². The zero-order chi connectivity index (χ0) is 50.0. The van der Waals surface area contributed by atoms with Gasteiger partial charge in [-0.2, -0.15) is 0 Å². The fraction of sp³-hybridized carbons (Fsp3) is 0.508. The fourth-order valence-corrected chi connectivity index (χ4v) is 6.31. The average molecular weight is 947 g/mol. The third kappa shape index (κ3) is 53.6. The molecule has 382 valence electrons. The van der Waals surface area contributed by atoms with E-state index in [9.17, 15) is 14.4 Å². The van der Waals surface area contributed by atoms with Crippen molar-refractivity contribution in [1.29, 1.82) is 0 Å². The number of allylic oxidation sites excluding steroid dienone is 28. The normalized spacial score (nSPS) is 13.5. The van der Waals surface area contributed by atoms with E-state index in [1.807, 2.05) is 0 Å². The van der Waals surface area contributed by atoms with Crippen molar-refractivity contribution in [2.75, 3.05) is 13.2 Å². The maximum absolute atomic E-state index is 12.8. The maximum atomic E-state index is 12.8. The summed E-state index contributed by atoms with van der Waals surface area (Å²) in [4.78, 5) is 38.0. The smallest absolute Gasteiger partial charge is 0.306 e. The van der Waals surface area contributed by atoms with E-state index in [2.05, 4.69) is 191 Å². The topological polar surface area (TPSA) is 78.9 Å². The molecule has 69 heavy (non-hydrogen) atoms. The highest BCUT2D eigenvalue weighted by Gasteiger charge is 2.19. The Kier molecular flexibility index (Phi) is 51.2. The Bertz CT molecular complexity index is 1650. The van der Waals surface area contributed by atoms with E-state index in [-0.39, 0.29) is 50.4 Å². The lowest BCUT2D eigenvalue weighted by molar-refractivity contribution is -0.167. The molecule has 0 radical (unpaired) electrons. The summed E-state index contributed by atoms with van der Waals surface area (Å²) in [5, 5.41) is 0. The van der Waals surface area contributed by atoms with Gasteiger partial charge in [-0.3, -0.25) is 14.4 Å². The van der Waals surface area contributed by atoms with Gasteiger partial charge in [-0.25, -0.2) is 0 Å². The molecular formula is C63H94O6. The molecule has 0 fully saturated rings. The van der Waals surface area contributed by atoms with Crippen LogP contribution < -0.4 is 0 Å². The first-order valence-corrected chi connectivity index (χ1v) is 26.6. The van der Waals surface area contributed by atoms with Gasteiger partial charge in [0.2, 0.25) is 0 Å². The Morgan fingerprint density at radius 1 is 0.290 bits per heavy atom. The van der Waals surface area contributed by atoms with Gasteiger partial charge in [-0.05, 0) is 148 Å². The minimum absolute atomic E-state index is 0.140. The second kappa shape index (κ2) is 55.4. The Hall–Kier alpha value is -5.23. The highest BCUT2D eigenvalue weighted by Crippen LogP contribution is 2.10. The number of esters is 3. The maximum Gasteiger partial charge on any atom is 0.306 e. The Morgan fingerprint density at radius 2 is 0.507 bits per heavy atom. The molecule has 0 amide bonds. The van der Waals surface area contributed by atoms with Crippen molar-refractivity contribution in [2.45, 2.75) is 194 Å². The highest BCUT2D eigenvalue weighted by atomic mass is 16.6. The lowest BCUT2D eigenvalue weighted by atomic mass is 10.1. The van der Waals surface area contributed by atoms with Gasteiger partial charge in [-0.1, -0.05) is 191 Å². The third-order valence-electron chi connectivity index (χ3n) is 10.2. The van der Waals surface area contributed by atoms with Crippen molar-refractivity contribution in [3.05, 3.63) is 170 Å². The van der Waals surface area contributed by atoms with Crippen LogP contribution in [0.5, 0.6) is 0 Å². The predicted octanol–water partition coefficient (Wildman–Crippen LogP) is 18.0. The molecule has 0 aliphatic heterocycles. The third-order valence-corrected chi connectivity index (χ3v) is 10.2. The fourth-order valence-electron chi connectivity index (χ4n) is 6.31. The van der Waals surface area contributed by atoms with Crippen molar-refractivity contribution >= 4 is 17.9 Å². The molecule has 0 aliphatic rings. The van der Waals surface area contributed by atoms with E-state index in [1.54, 1.807) is 0 Å². The lowest BCUT2D eigenvalue weighted by Crippen LogP contribution is -2.30. The van der Waals surface area contributed by atoms with E-state index < -0.39 is 6.10 Å². The van der Waals surface area contributed by atoms with Crippen molar-refractivity contribution < 1.29 is 28.6 Å². The number of carbonyl (C=O) groups is 3. The van der Waals surface area contributed by atoms with Crippen molar-refractivity contribution in [2.24, 2.45) is 0 Å². The van der Waals surface area contributed by atoms with Crippen LogP contribution in [0.15, 0.2) is 170 Å². The Balaban J connectivity index is 4.62. The lowest BCUT2D eigenvalue weighted by Gasteiger charge is -2.18. The van der Waals surface area contributed by atoms with E-state index in [4.69, 9.17) is 14.2 Å². The molecule has 0 N–H and O–H groups in total. The number of ether oxygens (including phenoxy) is 3. The average Bonchev–Trinajstić information content (AvgIpc) is 3.35. The SMILES string of the molecule is CC/C=C\C/C=C\C/C=C\C/C=C\C/C=C\C/C=C\CCCCC(=O)OCC(COC(=O)CCCC/C=C\C/C=C\C/C=C\C/C=C\CC)OC(=O)CCCC/C=C\C/C=C\C/C=C\C/C=C\CC. The van der Waals surface area contributed by atoms with Gasteiger partial charge in [0.25, 0.3) is 0 Å². The summed E-state index contributed by atoms with van der Waals surface area (Å²) < 4.78 is 16.7. The molecule has 0 saturated carbocycles. The quantitative estimate of drug-likeness (QED) is 0.0262. The number of rotatable bonds is 45. The molecule has 0 aromatic heterocycles. The number of hydrogen-bond acceptors (Lipinski definition) is 6. The summed E-state index contributed by atoms with van der Waals surface area (Å²) in [5.74, 6) is -1.08. The molecule has 0 aromatic carbocycles. The van der Waals surface area contributed by atoms with E-state index in [1.165, 1.54) is 0 Å². The summed E-state index contributed by atoms with van der Waals surface area (Å²) in [6.45, 7) is 6.15. The van der Waals surface area contributed by atoms with Gasteiger partial charge >= 0.3 is 17.9 Å². The molecule has 6 heteroatoms. The number of unbranched alkanes of at least 4 members (excludes halogenated alkanes) is 6. The number of carbonyl (C=O) groups excluding carboxylic acids is 3. The predicted molar refractivity (Wildman–Crippen MR) is 297 cm³/mol. The summed E-state index contributed by atoms with van der Waals surface area (Å²) in [6, 6.07) is 0. The van der Waals surface area contributed by atoms with Gasteiger partial charge in [0, 0.05) is 19.3 Å². The summed E-state index contributed by atoms with van der Waals surface area (Å²) in [6.07, 6.45) is 82.0. The van der Waals surface area contributed by atoms with Gasteiger partial charge in [0.1, 0.15) is 13.2 Å². The van der Waals surface area contributed by atoms with Crippen LogP contribution in [0.4, 0.5) is 0 Å². The van der Waals surface area contributed by atoms with Crippen LogP contribution in [-0.4, -0.2) is 37.2 Å². The minimum atomic E-state index is -0.844. The Labute approximate surface area is 422 Å². The zero-order valence-corrected chi connectivity index (χ0v) is 43.5. The van der Waals surface area contributed by atoms with E-state index in [0.29, 0.717) is 19.3 Å². The van der Waals surface area contributed by atoms with Crippen molar-refractivity contribution in [1.82, 2.24) is 0 Å². The summed E-state index contributed by atoms with van der Waals surface area (Å²) >= 11 is 0. The number of hydrogen-bond donors (Lipinski definition) is 0. The van der Waals surface area contributed by atoms with Crippen molar-refractivity contribution in [3.8, 4) is 0 Å². The van der Waals surface area contributed by atoms with Crippen LogP contribution in [0.3, 0.4) is 0 Å². The first-order valence-electron chi connectivity index (χ1n) is 26.6. The molecule has 1 unspecified atom stereocenters. The molecule has 0 spiro atoms. The molecule has 0 aliphatic carbocycles. The van der Waals surface area contributed by atoms with Gasteiger partial charge in [-0.15, -0.1) is 0 Å². The molecule has 0 saturated heterocycles. The van der Waals surface area contributed by atoms with Crippen LogP contribution in [0.25, 0.3) is 0 Å². The Morgan fingerprint density at radius 3 is 0.754 bits per heavy atom. The standard InChI is InChI=1S/C63H94O6/c1-4-7-10-13-16-19-22-25-28-29-30-31-32-33-36-38-41-44-47-50-53-56-62(65)68-59-60(69-63(66)57-54-51-48-45-42-39-35-27-24-21-18-15-12-9-6-3)58-67-61(64)55-52-49-46-43-40-37-34-26-23-20-17-14-11-8-5-2/h7-12,16-21,25-28,30-31,33-36,40-45,60H,4-6,13-15,22-24,29,32,37-39,46-59H2,1-3H3/b10-7-,11-8-,12-9-,19-16-,20-17-,21-18-,28-25-,31-30-,34-26-,35-27-,36-33-,43-40-,44-41-,45-42-. The summed E-state index contributed by atoms with van der Waals surface area (Å²) in [5.41, 5.74) is 0. The van der Waals surface area contributed by atoms with Gasteiger partial charge in [0.05, 0.1) is 0 Å². The molecule has 0 bridgehead atoms. The second-order valence-electron chi connectivity index (χ2n) is 16.6. The monoisotopic (exact) mass is 947 g/mol. The van der Waals surface area contributed by atoms with E-state index >= 15 is 0 Å². The van der Waals surface area contributed by atoms with Gasteiger partial charge in [0.15, 0.2) is 6.10 Å². The first kappa shape index (κ1) is 63.8. The van der Waals surface area contributed by atoms with Gasteiger partial charge < -0.3 is 14.2 Å². The van der Waals surface area contributed by atoms with Crippen LogP contribution in [-0.2, 0) is 28.6 Å². The minimum Gasteiger partial charge on any atom is -0.462 e. The second-order valence-corrected chi connectivity index (χ2v) is 16.6. The molecule has 1 atom stereocenters. The zero-order valence-electron chi connectivity index (χ0n) is 43.5. The first-order chi connectivity index (χ1) is 34.0. The molecule has 0 rings (SSSR count). The van der Waals surface area contributed by atoms with Crippen LogP contribution in [0.2, 0.25) is 0 Å². The summed E-state index contributed by atoms with van der Waals surface area (Å²) in [7, 11) is 0. The van der Waals surface area contributed by atoms with E-state index in [0.717, 1.165) is 128 Å². The van der Waals surface area contributed by atoms with Crippen LogP contribution >= 0.6 is 0 Å². The highest BCUT2D eigenvalue weighted by molar-refractivity contribution is 5.71. The largest absolute Gasteiger partial charge is 0.462 e. The van der Waals surface area contributed by atoms with Crippen LogP contribution in [0.1, 0.15) is 188 Å². The van der Waals surface area contributed by atoms with Crippen molar-refractivity contribution in [3.63, 3.8) is 0 Å². The molecule has 0 aromatic rings. The molecule has 6 nitrogen and oxygen atoms in total. The molecular weight excluding hydrogens is 853 g/mol.